The van der Waals surface area contributed by atoms with Crippen LogP contribution in [0, 0.1) is 5.82 Å². The third-order valence-corrected chi connectivity index (χ3v) is 6.57. The number of aromatic nitrogens is 2. The number of hydrogen-bond donors (Lipinski definition) is 0. The molecule has 4 nitrogen and oxygen atoms in total. The van der Waals surface area contributed by atoms with Crippen LogP contribution in [-0.2, 0) is 17.9 Å². The summed E-state index contributed by atoms with van der Waals surface area (Å²) in [5, 5.41) is 5.64. The summed E-state index contributed by atoms with van der Waals surface area (Å²) in [6, 6.07) is 6.79. The standard InChI is InChI=1S/C19H30FN3OSi/c1-22(16-6-7-16)10-9-18-17-13-15(20)5-8-19(17)23(21-18)14-24-11-12-25(2,3)4/h5,8,13,16H,6-7,9-12,14H2,1-4H3. The summed E-state index contributed by atoms with van der Waals surface area (Å²) in [6.07, 6.45) is 3.44. The Kier molecular flexibility index (Phi) is 5.61. The second-order valence-corrected chi connectivity index (χ2v) is 14.0. The third-order valence-electron chi connectivity index (χ3n) is 4.87. The zero-order chi connectivity index (χ0) is 18.0. The van der Waals surface area contributed by atoms with Crippen LogP contribution in [0.1, 0.15) is 18.5 Å². The molecular weight excluding hydrogens is 333 g/mol. The smallest absolute Gasteiger partial charge is 0.140 e. The first-order chi connectivity index (χ1) is 11.8. The minimum Gasteiger partial charge on any atom is -0.360 e. The van der Waals surface area contributed by atoms with Gasteiger partial charge in [0.1, 0.15) is 12.5 Å². The van der Waals surface area contributed by atoms with E-state index in [-0.39, 0.29) is 5.82 Å². The maximum atomic E-state index is 13.7. The average Bonchev–Trinajstić information content (AvgIpc) is 3.32. The summed E-state index contributed by atoms with van der Waals surface area (Å²) < 4.78 is 21.5. The molecule has 0 amide bonds. The normalized spacial score (nSPS) is 15.4. The number of hydrogen-bond acceptors (Lipinski definition) is 3. The Labute approximate surface area is 151 Å². The molecule has 3 rings (SSSR count). The van der Waals surface area contributed by atoms with Gasteiger partial charge < -0.3 is 9.64 Å². The molecule has 0 atom stereocenters. The van der Waals surface area contributed by atoms with Crippen LogP contribution in [0.15, 0.2) is 18.2 Å². The van der Waals surface area contributed by atoms with Crippen LogP contribution >= 0.6 is 0 Å². The lowest BCUT2D eigenvalue weighted by molar-refractivity contribution is 0.0813. The van der Waals surface area contributed by atoms with Crippen molar-refractivity contribution in [3.63, 3.8) is 0 Å². The number of likely N-dealkylation sites (N-methyl/N-ethyl adjacent to an activating group) is 1. The summed E-state index contributed by atoms with van der Waals surface area (Å²) >= 11 is 0. The molecule has 138 valence electrons. The van der Waals surface area contributed by atoms with Crippen molar-refractivity contribution >= 4 is 19.0 Å². The van der Waals surface area contributed by atoms with Crippen molar-refractivity contribution in [1.29, 1.82) is 0 Å². The van der Waals surface area contributed by atoms with E-state index in [1.54, 1.807) is 6.07 Å². The molecule has 1 saturated carbocycles. The van der Waals surface area contributed by atoms with Crippen LogP contribution < -0.4 is 0 Å². The highest BCUT2D eigenvalue weighted by Crippen LogP contribution is 2.26. The van der Waals surface area contributed by atoms with Crippen LogP contribution in [0.25, 0.3) is 10.9 Å². The minimum atomic E-state index is -1.09. The highest BCUT2D eigenvalue weighted by molar-refractivity contribution is 6.76. The first-order valence-corrected chi connectivity index (χ1v) is 13.0. The number of fused-ring (bicyclic) bond motifs is 1. The average molecular weight is 364 g/mol. The fourth-order valence-electron chi connectivity index (χ4n) is 3.01. The van der Waals surface area contributed by atoms with Gasteiger partial charge in [-0.25, -0.2) is 9.07 Å². The molecule has 0 saturated heterocycles. The molecule has 25 heavy (non-hydrogen) atoms. The number of nitrogens with zero attached hydrogens (tertiary/aromatic N) is 3. The van der Waals surface area contributed by atoms with Crippen LogP contribution in [0.4, 0.5) is 4.39 Å². The van der Waals surface area contributed by atoms with Crippen LogP contribution in [0.5, 0.6) is 0 Å². The number of benzene rings is 1. The van der Waals surface area contributed by atoms with Gasteiger partial charge in [-0.1, -0.05) is 19.6 Å². The quantitative estimate of drug-likeness (QED) is 0.496. The lowest BCUT2D eigenvalue weighted by Crippen LogP contribution is -2.23. The van der Waals surface area contributed by atoms with Gasteiger partial charge in [0.05, 0.1) is 11.2 Å². The molecule has 0 aliphatic heterocycles. The Bertz CT molecular complexity index is 721. The van der Waals surface area contributed by atoms with Gasteiger partial charge in [-0.2, -0.15) is 5.10 Å². The van der Waals surface area contributed by atoms with Gasteiger partial charge >= 0.3 is 0 Å². The third kappa shape index (κ3) is 5.12. The van der Waals surface area contributed by atoms with Crippen molar-refractivity contribution in [3.8, 4) is 0 Å². The van der Waals surface area contributed by atoms with E-state index < -0.39 is 8.07 Å². The van der Waals surface area contributed by atoms with Crippen molar-refractivity contribution in [2.75, 3.05) is 20.2 Å². The maximum Gasteiger partial charge on any atom is 0.140 e. The summed E-state index contributed by atoms with van der Waals surface area (Å²) in [5.41, 5.74) is 1.93. The molecule has 0 radical (unpaired) electrons. The van der Waals surface area contributed by atoms with Crippen LogP contribution in [0.2, 0.25) is 25.7 Å². The van der Waals surface area contributed by atoms with Gasteiger partial charge in [0, 0.05) is 39.1 Å². The van der Waals surface area contributed by atoms with Gasteiger partial charge in [-0.15, -0.1) is 0 Å². The molecular formula is C19H30FN3OSi. The second kappa shape index (κ2) is 7.56. The zero-order valence-corrected chi connectivity index (χ0v) is 16.9. The lowest BCUT2D eigenvalue weighted by atomic mass is 10.1. The first-order valence-electron chi connectivity index (χ1n) is 9.26. The monoisotopic (exact) mass is 363 g/mol. The Morgan fingerprint density at radius 1 is 1.32 bits per heavy atom. The zero-order valence-electron chi connectivity index (χ0n) is 15.9. The predicted molar refractivity (Wildman–Crippen MR) is 103 cm³/mol. The van der Waals surface area contributed by atoms with Gasteiger partial charge in [0.15, 0.2) is 0 Å². The van der Waals surface area contributed by atoms with Crippen molar-refractivity contribution in [3.05, 3.63) is 29.7 Å². The van der Waals surface area contributed by atoms with Crippen molar-refractivity contribution < 1.29 is 9.13 Å². The second-order valence-electron chi connectivity index (χ2n) is 8.42. The number of ether oxygens (including phenoxy) is 1. The van der Waals surface area contributed by atoms with Crippen LogP contribution in [-0.4, -0.2) is 49.0 Å². The molecule has 0 unspecified atom stereocenters. The van der Waals surface area contributed by atoms with Gasteiger partial charge in [0.25, 0.3) is 0 Å². The Morgan fingerprint density at radius 2 is 2.08 bits per heavy atom. The van der Waals surface area contributed by atoms with E-state index in [2.05, 4.69) is 31.6 Å². The Balaban J connectivity index is 1.69. The predicted octanol–water partition coefficient (Wildman–Crippen LogP) is 4.12. The summed E-state index contributed by atoms with van der Waals surface area (Å²) in [5.74, 6) is -0.205. The number of rotatable bonds is 9. The topological polar surface area (TPSA) is 30.3 Å². The molecule has 1 aromatic carbocycles. The molecule has 0 bridgehead atoms. The van der Waals surface area contributed by atoms with Crippen molar-refractivity contribution in [2.24, 2.45) is 0 Å². The SMILES string of the molecule is CN(CCc1nn(COCC[Si](C)(C)C)c2ccc(F)cc12)C1CC1. The van der Waals surface area contributed by atoms with E-state index >= 15 is 0 Å². The molecule has 1 heterocycles. The number of halogens is 1. The molecule has 1 aromatic heterocycles. The molecule has 1 fully saturated rings. The van der Waals surface area contributed by atoms with Crippen molar-refractivity contribution in [2.45, 2.75) is 57.7 Å². The highest BCUT2D eigenvalue weighted by atomic mass is 28.3. The van der Waals surface area contributed by atoms with E-state index in [0.717, 1.165) is 48.3 Å². The summed E-state index contributed by atoms with van der Waals surface area (Å²) in [6.45, 7) is 9.19. The molecule has 1 aliphatic carbocycles. The highest BCUT2D eigenvalue weighted by Gasteiger charge is 2.26. The molecule has 1 aliphatic rings. The Hall–Kier alpha value is -1.24. The van der Waals surface area contributed by atoms with E-state index in [1.165, 1.54) is 18.9 Å². The summed E-state index contributed by atoms with van der Waals surface area (Å²) in [7, 11) is 1.07. The van der Waals surface area contributed by atoms with E-state index in [4.69, 9.17) is 9.84 Å². The molecule has 0 spiro atoms. The molecule has 2 aromatic rings. The van der Waals surface area contributed by atoms with Gasteiger partial charge in [-0.05, 0) is 44.1 Å². The van der Waals surface area contributed by atoms with Gasteiger partial charge in [-0.3, -0.25) is 0 Å². The minimum absolute atomic E-state index is 0.205. The Morgan fingerprint density at radius 3 is 2.76 bits per heavy atom. The van der Waals surface area contributed by atoms with Crippen molar-refractivity contribution in [1.82, 2.24) is 14.7 Å². The first kappa shape index (κ1) is 18.5. The van der Waals surface area contributed by atoms with E-state index in [1.807, 2.05) is 10.7 Å². The van der Waals surface area contributed by atoms with E-state index in [9.17, 15) is 4.39 Å². The van der Waals surface area contributed by atoms with Crippen LogP contribution in [0.3, 0.4) is 0 Å². The van der Waals surface area contributed by atoms with Gasteiger partial charge in [0.2, 0.25) is 0 Å². The summed E-state index contributed by atoms with van der Waals surface area (Å²) in [4.78, 5) is 2.38. The lowest BCUT2D eigenvalue weighted by Gasteiger charge is -2.15. The maximum absolute atomic E-state index is 13.7. The molecule has 6 heteroatoms. The largest absolute Gasteiger partial charge is 0.360 e. The molecule has 0 N–H and O–H groups in total. The fourth-order valence-corrected chi connectivity index (χ4v) is 3.77. The van der Waals surface area contributed by atoms with E-state index in [0.29, 0.717) is 6.73 Å². The fraction of sp³-hybridized carbons (Fsp3) is 0.632.